The molecule has 2 aromatic rings. The molecule has 5 heteroatoms. The number of hydrazone groups is 1. The van der Waals surface area contributed by atoms with Gasteiger partial charge < -0.3 is 10.5 Å². The highest BCUT2D eigenvalue weighted by atomic mass is 32.1. The normalized spacial score (nSPS) is 10.3. The lowest BCUT2D eigenvalue weighted by Gasteiger charge is -2.09. The minimum absolute atomic E-state index is 0.104. The molecule has 0 saturated heterocycles. The van der Waals surface area contributed by atoms with Crippen LogP contribution in [0.25, 0.3) is 10.8 Å². The first kappa shape index (κ1) is 13.8. The molecular formula is C15H13N3OS. The van der Waals surface area contributed by atoms with Crippen LogP contribution in [0.15, 0.2) is 41.5 Å². The Kier molecular flexibility index (Phi) is 4.53. The van der Waals surface area contributed by atoms with E-state index in [0.29, 0.717) is 5.75 Å². The third-order valence-corrected chi connectivity index (χ3v) is 2.70. The average Bonchev–Trinajstić information content (AvgIpc) is 2.45. The molecule has 0 saturated carbocycles. The molecule has 0 atom stereocenters. The zero-order chi connectivity index (χ0) is 14.4. The molecule has 0 radical (unpaired) electrons. The highest BCUT2D eigenvalue weighted by Gasteiger charge is 2.06. The maximum absolute atomic E-state index is 5.53. The molecular weight excluding hydrogens is 270 g/mol. The van der Waals surface area contributed by atoms with E-state index in [9.17, 15) is 0 Å². The number of hydrogen-bond donors (Lipinski definition) is 2. The lowest BCUT2D eigenvalue weighted by atomic mass is 10.0. The van der Waals surface area contributed by atoms with Gasteiger partial charge in [0, 0.05) is 5.56 Å². The molecule has 3 N–H and O–H groups in total. The molecule has 0 spiro atoms. The average molecular weight is 283 g/mol. The van der Waals surface area contributed by atoms with Gasteiger partial charge >= 0.3 is 0 Å². The van der Waals surface area contributed by atoms with Crippen LogP contribution in [0.3, 0.4) is 0 Å². The van der Waals surface area contributed by atoms with Crippen molar-refractivity contribution >= 4 is 34.3 Å². The summed E-state index contributed by atoms with van der Waals surface area (Å²) in [6.07, 6.45) is 6.84. The van der Waals surface area contributed by atoms with Gasteiger partial charge in [-0.25, -0.2) is 0 Å². The molecule has 0 fully saturated rings. The van der Waals surface area contributed by atoms with E-state index in [4.69, 9.17) is 29.1 Å². The van der Waals surface area contributed by atoms with E-state index in [1.165, 1.54) is 0 Å². The van der Waals surface area contributed by atoms with E-state index in [-0.39, 0.29) is 11.7 Å². The second-order valence-corrected chi connectivity index (χ2v) is 4.37. The number of fused-ring (bicyclic) bond motifs is 1. The molecule has 20 heavy (non-hydrogen) atoms. The molecule has 0 bridgehead atoms. The van der Waals surface area contributed by atoms with E-state index in [2.05, 4.69) is 16.4 Å². The molecule has 2 rings (SSSR count). The summed E-state index contributed by atoms with van der Waals surface area (Å²) in [6.45, 7) is 0.196. The van der Waals surface area contributed by atoms with Gasteiger partial charge in [0.15, 0.2) is 5.11 Å². The first-order valence-corrected chi connectivity index (χ1v) is 6.29. The predicted octanol–water partition coefficient (Wildman–Crippen LogP) is 2.02. The van der Waals surface area contributed by atoms with Crippen LogP contribution >= 0.6 is 12.2 Å². The molecule has 4 nitrogen and oxygen atoms in total. The first-order chi connectivity index (χ1) is 9.72. The molecule has 0 heterocycles. The fourth-order valence-corrected chi connectivity index (χ4v) is 1.87. The van der Waals surface area contributed by atoms with E-state index in [1.54, 1.807) is 6.21 Å². The number of terminal acetylenes is 1. The number of nitrogens with two attached hydrogens (primary N) is 1. The Hall–Kier alpha value is -2.58. The number of ether oxygens (including phenoxy) is 1. The number of benzene rings is 2. The lowest BCUT2D eigenvalue weighted by Crippen LogP contribution is -2.24. The van der Waals surface area contributed by atoms with Gasteiger partial charge in [0.25, 0.3) is 0 Å². The second-order valence-electron chi connectivity index (χ2n) is 3.93. The van der Waals surface area contributed by atoms with Crippen LogP contribution in [0.2, 0.25) is 0 Å². The van der Waals surface area contributed by atoms with Gasteiger partial charge in [0.1, 0.15) is 12.4 Å². The zero-order valence-electron chi connectivity index (χ0n) is 10.7. The quantitative estimate of drug-likeness (QED) is 0.390. The Morgan fingerprint density at radius 1 is 1.40 bits per heavy atom. The molecule has 100 valence electrons. The Bertz CT molecular complexity index is 704. The van der Waals surface area contributed by atoms with Crippen molar-refractivity contribution in [2.75, 3.05) is 6.61 Å². The number of hydrogen-bond acceptors (Lipinski definition) is 3. The Morgan fingerprint density at radius 3 is 2.95 bits per heavy atom. The van der Waals surface area contributed by atoms with Crippen molar-refractivity contribution in [1.82, 2.24) is 5.43 Å². The van der Waals surface area contributed by atoms with E-state index >= 15 is 0 Å². The maximum Gasteiger partial charge on any atom is 0.184 e. The minimum atomic E-state index is 0.104. The van der Waals surface area contributed by atoms with Gasteiger partial charge in [0.05, 0.1) is 6.21 Å². The number of nitrogens with one attached hydrogen (secondary N) is 1. The maximum atomic E-state index is 5.53. The van der Waals surface area contributed by atoms with Crippen LogP contribution in [-0.2, 0) is 0 Å². The minimum Gasteiger partial charge on any atom is -0.480 e. The standard InChI is InChI=1S/C15H13N3OS/c1-2-9-19-14-8-7-11-5-3-4-6-12(11)13(14)10-17-18-15(16)20/h1,3-8,10H,9H2,(H3,16,18,20). The monoisotopic (exact) mass is 283 g/mol. The van der Waals surface area contributed by atoms with Crippen LogP contribution in [0.4, 0.5) is 0 Å². The number of rotatable bonds is 4. The van der Waals surface area contributed by atoms with Crippen molar-refractivity contribution in [1.29, 1.82) is 0 Å². The molecule has 0 amide bonds. The van der Waals surface area contributed by atoms with Crippen LogP contribution in [0.5, 0.6) is 5.75 Å². The highest BCUT2D eigenvalue weighted by molar-refractivity contribution is 7.80. The van der Waals surface area contributed by atoms with Gasteiger partial charge in [-0.1, -0.05) is 36.3 Å². The van der Waals surface area contributed by atoms with Gasteiger partial charge in [-0.05, 0) is 29.1 Å². The van der Waals surface area contributed by atoms with Gasteiger partial charge in [-0.2, -0.15) is 5.10 Å². The topological polar surface area (TPSA) is 59.6 Å². The van der Waals surface area contributed by atoms with Crippen LogP contribution in [-0.4, -0.2) is 17.9 Å². The van der Waals surface area contributed by atoms with Crippen molar-refractivity contribution in [2.45, 2.75) is 0 Å². The largest absolute Gasteiger partial charge is 0.480 e. The molecule has 0 aliphatic carbocycles. The smallest absolute Gasteiger partial charge is 0.184 e. The van der Waals surface area contributed by atoms with E-state index < -0.39 is 0 Å². The Balaban J connectivity index is 2.47. The van der Waals surface area contributed by atoms with Gasteiger partial charge in [0.2, 0.25) is 0 Å². The fraction of sp³-hybridized carbons (Fsp3) is 0.0667. The van der Waals surface area contributed by atoms with Crippen molar-refractivity contribution in [3.8, 4) is 18.1 Å². The first-order valence-electron chi connectivity index (χ1n) is 5.89. The molecule has 0 unspecified atom stereocenters. The van der Waals surface area contributed by atoms with Gasteiger partial charge in [-0.3, -0.25) is 5.43 Å². The van der Waals surface area contributed by atoms with Crippen molar-refractivity contribution in [3.05, 3.63) is 42.0 Å². The SMILES string of the molecule is C#CCOc1ccc2ccccc2c1C=NNC(N)=S. The van der Waals surface area contributed by atoms with Crippen LogP contribution in [0.1, 0.15) is 5.56 Å². The van der Waals surface area contributed by atoms with Crippen molar-refractivity contribution < 1.29 is 4.74 Å². The summed E-state index contributed by atoms with van der Waals surface area (Å²) in [5.74, 6) is 3.10. The fourth-order valence-electron chi connectivity index (χ4n) is 1.81. The molecule has 0 aromatic heterocycles. The van der Waals surface area contributed by atoms with Gasteiger partial charge in [-0.15, -0.1) is 6.42 Å². The summed E-state index contributed by atoms with van der Waals surface area (Å²) in [7, 11) is 0. The van der Waals surface area contributed by atoms with Crippen LogP contribution < -0.4 is 15.9 Å². The highest BCUT2D eigenvalue weighted by Crippen LogP contribution is 2.26. The van der Waals surface area contributed by atoms with E-state index in [0.717, 1.165) is 16.3 Å². The Labute approximate surface area is 122 Å². The second kappa shape index (κ2) is 6.55. The summed E-state index contributed by atoms with van der Waals surface area (Å²) in [4.78, 5) is 0. The van der Waals surface area contributed by atoms with E-state index in [1.807, 2.05) is 36.4 Å². The lowest BCUT2D eigenvalue weighted by molar-refractivity contribution is 0.370. The third-order valence-electron chi connectivity index (χ3n) is 2.61. The van der Waals surface area contributed by atoms with Crippen LogP contribution in [0, 0.1) is 12.3 Å². The summed E-state index contributed by atoms with van der Waals surface area (Å²) >= 11 is 4.70. The summed E-state index contributed by atoms with van der Waals surface area (Å²) < 4.78 is 5.53. The third kappa shape index (κ3) is 3.25. The summed E-state index contributed by atoms with van der Waals surface area (Å²) in [6, 6.07) is 11.8. The zero-order valence-corrected chi connectivity index (χ0v) is 11.5. The molecule has 2 aromatic carbocycles. The summed E-state index contributed by atoms with van der Waals surface area (Å²) in [5, 5.41) is 6.18. The van der Waals surface area contributed by atoms with Crippen molar-refractivity contribution in [2.24, 2.45) is 10.8 Å². The molecule has 0 aliphatic rings. The Morgan fingerprint density at radius 2 is 2.20 bits per heavy atom. The predicted molar refractivity (Wildman–Crippen MR) is 85.8 cm³/mol. The summed E-state index contributed by atoms with van der Waals surface area (Å²) in [5.41, 5.74) is 8.68. The van der Waals surface area contributed by atoms with Crippen molar-refractivity contribution in [3.63, 3.8) is 0 Å². The number of nitrogens with zero attached hydrogens (tertiary/aromatic N) is 1. The number of thiocarbonyl (C=S) groups is 1. The molecule has 0 aliphatic heterocycles.